The first-order valence-electron chi connectivity index (χ1n) is 5.96. The third-order valence-electron chi connectivity index (χ3n) is 2.99. The molecule has 2 rings (SSSR count). The van der Waals surface area contributed by atoms with Crippen LogP contribution in [0.5, 0.6) is 0 Å². The zero-order chi connectivity index (χ0) is 11.4. The van der Waals surface area contributed by atoms with Crippen LogP contribution in [0.1, 0.15) is 12.2 Å². The summed E-state index contributed by atoms with van der Waals surface area (Å²) in [7, 11) is 2.18. The predicted molar refractivity (Wildman–Crippen MR) is 65.8 cm³/mol. The Labute approximate surface area is 97.0 Å². The van der Waals surface area contributed by atoms with Crippen LogP contribution in [0, 0.1) is 6.92 Å². The maximum atomic E-state index is 5.45. The first-order valence-corrected chi connectivity index (χ1v) is 5.96. The highest BCUT2D eigenvalue weighted by Crippen LogP contribution is 2.12. The molecule has 1 aromatic rings. The van der Waals surface area contributed by atoms with Gasteiger partial charge in [-0.2, -0.15) is 0 Å². The van der Waals surface area contributed by atoms with Crippen molar-refractivity contribution in [3.8, 4) is 0 Å². The van der Waals surface area contributed by atoms with E-state index in [1.165, 1.54) is 0 Å². The second-order valence-corrected chi connectivity index (χ2v) is 4.54. The number of anilines is 1. The third-order valence-corrected chi connectivity index (χ3v) is 2.99. The average molecular weight is 223 g/mol. The molecular formula is C12H21N3O. The number of piperazine rings is 1. The van der Waals surface area contributed by atoms with Gasteiger partial charge < -0.3 is 20.0 Å². The molecule has 16 heavy (non-hydrogen) atoms. The van der Waals surface area contributed by atoms with Crippen LogP contribution < -0.4 is 10.6 Å². The summed E-state index contributed by atoms with van der Waals surface area (Å²) in [5, 5.41) is 6.83. The second kappa shape index (κ2) is 5.37. The average Bonchev–Trinajstić information content (AvgIpc) is 2.64. The first kappa shape index (κ1) is 11.5. The zero-order valence-corrected chi connectivity index (χ0v) is 10.1. The zero-order valence-electron chi connectivity index (χ0n) is 10.1. The molecule has 1 aliphatic rings. The molecule has 0 aliphatic carbocycles. The first-order chi connectivity index (χ1) is 7.74. The number of furan rings is 1. The molecule has 0 amide bonds. The Morgan fingerprint density at radius 3 is 3.12 bits per heavy atom. The fourth-order valence-electron chi connectivity index (χ4n) is 2.08. The van der Waals surface area contributed by atoms with E-state index in [9.17, 15) is 0 Å². The molecule has 1 atom stereocenters. The van der Waals surface area contributed by atoms with Crippen molar-refractivity contribution in [2.24, 2.45) is 0 Å². The summed E-state index contributed by atoms with van der Waals surface area (Å²) in [5.74, 6) is 1.83. The van der Waals surface area contributed by atoms with Gasteiger partial charge in [0.1, 0.15) is 5.76 Å². The van der Waals surface area contributed by atoms with Crippen molar-refractivity contribution in [3.05, 3.63) is 17.9 Å². The molecule has 4 heteroatoms. The molecule has 1 fully saturated rings. The quantitative estimate of drug-likeness (QED) is 0.807. The van der Waals surface area contributed by atoms with Crippen LogP contribution in [0.15, 0.2) is 16.5 Å². The number of nitrogens with zero attached hydrogens (tertiary/aromatic N) is 1. The smallest absolute Gasteiger partial charge is 0.193 e. The van der Waals surface area contributed by atoms with Crippen LogP contribution in [0.25, 0.3) is 0 Å². The standard InChI is InChI=1S/C12H21N3O/c1-10-3-4-12(16-10)14-6-5-11-9-15(2)8-7-13-11/h3-4,11,13-14H,5-9H2,1-2H3. The van der Waals surface area contributed by atoms with Gasteiger partial charge >= 0.3 is 0 Å². The fraction of sp³-hybridized carbons (Fsp3) is 0.667. The molecule has 1 saturated heterocycles. The Morgan fingerprint density at radius 1 is 1.56 bits per heavy atom. The Bertz CT molecular complexity index is 324. The Balaban J connectivity index is 1.67. The summed E-state index contributed by atoms with van der Waals surface area (Å²) in [4.78, 5) is 2.37. The molecule has 1 unspecified atom stereocenters. The van der Waals surface area contributed by atoms with Crippen molar-refractivity contribution >= 4 is 5.88 Å². The summed E-state index contributed by atoms with van der Waals surface area (Å²) < 4.78 is 5.45. The molecule has 0 saturated carbocycles. The van der Waals surface area contributed by atoms with Crippen molar-refractivity contribution < 1.29 is 4.42 Å². The van der Waals surface area contributed by atoms with Gasteiger partial charge in [-0.15, -0.1) is 0 Å². The van der Waals surface area contributed by atoms with Gasteiger partial charge in [-0.25, -0.2) is 0 Å². The van der Waals surface area contributed by atoms with E-state index in [1.807, 2.05) is 19.1 Å². The van der Waals surface area contributed by atoms with Crippen molar-refractivity contribution in [1.29, 1.82) is 0 Å². The number of hydrogen-bond acceptors (Lipinski definition) is 4. The molecule has 0 radical (unpaired) electrons. The van der Waals surface area contributed by atoms with E-state index >= 15 is 0 Å². The topological polar surface area (TPSA) is 40.4 Å². The molecule has 2 N–H and O–H groups in total. The lowest BCUT2D eigenvalue weighted by molar-refractivity contribution is 0.234. The van der Waals surface area contributed by atoms with Crippen molar-refractivity contribution in [3.63, 3.8) is 0 Å². The molecule has 0 bridgehead atoms. The van der Waals surface area contributed by atoms with E-state index in [0.717, 1.165) is 44.2 Å². The lowest BCUT2D eigenvalue weighted by atomic mass is 10.1. The van der Waals surface area contributed by atoms with Crippen LogP contribution in [0.2, 0.25) is 0 Å². The molecule has 2 heterocycles. The van der Waals surface area contributed by atoms with E-state index in [0.29, 0.717) is 6.04 Å². The monoisotopic (exact) mass is 223 g/mol. The third kappa shape index (κ3) is 3.25. The maximum Gasteiger partial charge on any atom is 0.193 e. The Hall–Kier alpha value is -1.00. The summed E-state index contributed by atoms with van der Waals surface area (Å²) in [6.07, 6.45) is 1.13. The maximum absolute atomic E-state index is 5.45. The highest BCUT2D eigenvalue weighted by Gasteiger charge is 2.15. The highest BCUT2D eigenvalue weighted by atomic mass is 16.4. The normalized spacial score (nSPS) is 22.2. The molecule has 4 nitrogen and oxygen atoms in total. The van der Waals surface area contributed by atoms with Gasteiger partial charge in [0, 0.05) is 38.3 Å². The van der Waals surface area contributed by atoms with Crippen molar-refractivity contribution in [2.75, 3.05) is 38.5 Å². The van der Waals surface area contributed by atoms with Gasteiger partial charge in [0.15, 0.2) is 5.88 Å². The second-order valence-electron chi connectivity index (χ2n) is 4.54. The number of nitrogens with one attached hydrogen (secondary N) is 2. The summed E-state index contributed by atoms with van der Waals surface area (Å²) >= 11 is 0. The van der Waals surface area contributed by atoms with Crippen LogP contribution in [0.4, 0.5) is 5.88 Å². The summed E-state index contributed by atoms with van der Waals surface area (Å²) in [5.41, 5.74) is 0. The molecule has 90 valence electrons. The Kier molecular flexibility index (Phi) is 3.85. The van der Waals surface area contributed by atoms with E-state index in [2.05, 4.69) is 22.6 Å². The fourth-order valence-corrected chi connectivity index (χ4v) is 2.08. The largest absolute Gasteiger partial charge is 0.446 e. The molecule has 0 spiro atoms. The Morgan fingerprint density at radius 2 is 2.44 bits per heavy atom. The molecule has 0 aromatic carbocycles. The van der Waals surface area contributed by atoms with Gasteiger partial charge in [0.25, 0.3) is 0 Å². The lowest BCUT2D eigenvalue weighted by Crippen LogP contribution is -2.49. The number of hydrogen-bond donors (Lipinski definition) is 2. The van der Waals surface area contributed by atoms with E-state index in [1.54, 1.807) is 0 Å². The summed E-state index contributed by atoms with van der Waals surface area (Å²) in [6.45, 7) is 6.31. The lowest BCUT2D eigenvalue weighted by Gasteiger charge is -2.30. The van der Waals surface area contributed by atoms with E-state index < -0.39 is 0 Å². The highest BCUT2D eigenvalue weighted by molar-refractivity contribution is 5.31. The molecule has 1 aromatic heterocycles. The SMILES string of the molecule is Cc1ccc(NCCC2CN(C)CCN2)o1. The minimum absolute atomic E-state index is 0.599. The van der Waals surface area contributed by atoms with Gasteiger partial charge in [-0.1, -0.05) is 0 Å². The van der Waals surface area contributed by atoms with Crippen molar-refractivity contribution in [2.45, 2.75) is 19.4 Å². The van der Waals surface area contributed by atoms with Gasteiger partial charge in [-0.3, -0.25) is 0 Å². The van der Waals surface area contributed by atoms with Crippen LogP contribution >= 0.6 is 0 Å². The number of likely N-dealkylation sites (N-methyl/N-ethyl adjacent to an activating group) is 1. The van der Waals surface area contributed by atoms with Gasteiger partial charge in [0.05, 0.1) is 0 Å². The molecule has 1 aliphatic heterocycles. The minimum Gasteiger partial charge on any atom is -0.446 e. The van der Waals surface area contributed by atoms with E-state index in [-0.39, 0.29) is 0 Å². The van der Waals surface area contributed by atoms with Crippen LogP contribution in [-0.2, 0) is 0 Å². The molecular weight excluding hydrogens is 202 g/mol. The number of rotatable bonds is 4. The minimum atomic E-state index is 0.599. The predicted octanol–water partition coefficient (Wildman–Crippen LogP) is 1.29. The summed E-state index contributed by atoms with van der Waals surface area (Å²) in [6, 6.07) is 4.56. The van der Waals surface area contributed by atoms with Crippen LogP contribution in [0.3, 0.4) is 0 Å². The number of aryl methyl sites for hydroxylation is 1. The van der Waals surface area contributed by atoms with Gasteiger partial charge in [-0.05, 0) is 26.5 Å². The van der Waals surface area contributed by atoms with Crippen LogP contribution in [-0.4, -0.2) is 44.2 Å². The van der Waals surface area contributed by atoms with E-state index in [4.69, 9.17) is 4.42 Å². The van der Waals surface area contributed by atoms with Gasteiger partial charge in [0.2, 0.25) is 0 Å². The van der Waals surface area contributed by atoms with Crippen molar-refractivity contribution in [1.82, 2.24) is 10.2 Å².